The molecule has 1 N–H and O–H groups in total. The van der Waals surface area contributed by atoms with Crippen LogP contribution in [0.15, 0.2) is 55.6 Å². The number of H-pyrrole nitrogens is 1. The number of ether oxygens (including phenoxy) is 1. The molecule has 4 rings (SSSR count). The Morgan fingerprint density at radius 3 is 2.67 bits per heavy atom. The van der Waals surface area contributed by atoms with Crippen LogP contribution >= 0.6 is 15.9 Å². The van der Waals surface area contributed by atoms with Gasteiger partial charge >= 0.3 is 0 Å². The summed E-state index contributed by atoms with van der Waals surface area (Å²) in [6.45, 7) is 1.85. The Bertz CT molecular complexity index is 1380. The molecule has 0 radical (unpaired) electrons. The number of halogens is 1. The number of fused-ring (bicyclic) bond motifs is 3. The molecule has 0 atom stereocenters. The van der Waals surface area contributed by atoms with Crippen molar-refractivity contribution in [1.82, 2.24) is 19.8 Å². The van der Waals surface area contributed by atoms with Crippen LogP contribution in [0.25, 0.3) is 16.6 Å². The van der Waals surface area contributed by atoms with Gasteiger partial charge in [0.25, 0.3) is 5.56 Å². The molecule has 0 spiro atoms. The zero-order valence-corrected chi connectivity index (χ0v) is 16.6. The van der Waals surface area contributed by atoms with Crippen LogP contribution in [0.2, 0.25) is 0 Å². The quantitative estimate of drug-likeness (QED) is 0.515. The van der Waals surface area contributed by atoms with Crippen molar-refractivity contribution in [2.75, 3.05) is 7.11 Å². The third-order valence-corrected chi connectivity index (χ3v) is 6.81. The van der Waals surface area contributed by atoms with Crippen LogP contribution in [0.5, 0.6) is 5.75 Å². The van der Waals surface area contributed by atoms with Gasteiger partial charge in [-0.25, -0.2) is 18.1 Å². The first kappa shape index (κ1) is 17.7. The van der Waals surface area contributed by atoms with E-state index in [4.69, 9.17) is 4.74 Å². The second-order valence-electron chi connectivity index (χ2n) is 5.91. The summed E-state index contributed by atoms with van der Waals surface area (Å²) in [4.78, 5) is 16.4. The summed E-state index contributed by atoms with van der Waals surface area (Å²) in [6.07, 6.45) is 0. The van der Waals surface area contributed by atoms with Gasteiger partial charge < -0.3 is 4.74 Å². The SMILES string of the molecule is COc1ccc2c(=O)nc3c(S(=O)(=O)c4ccc(C)cc4Br)n[nH]n3c2c1. The van der Waals surface area contributed by atoms with Gasteiger partial charge in [0.15, 0.2) is 5.65 Å². The number of aryl methyl sites for hydroxylation is 1. The van der Waals surface area contributed by atoms with Crippen LogP contribution in [0, 0.1) is 6.92 Å². The maximum Gasteiger partial charge on any atom is 0.281 e. The molecule has 0 saturated carbocycles. The molecule has 0 aliphatic heterocycles. The van der Waals surface area contributed by atoms with Gasteiger partial charge in [-0.1, -0.05) is 6.07 Å². The Morgan fingerprint density at radius 2 is 1.96 bits per heavy atom. The molecule has 10 heteroatoms. The van der Waals surface area contributed by atoms with E-state index in [0.29, 0.717) is 21.1 Å². The van der Waals surface area contributed by atoms with E-state index in [1.54, 1.807) is 30.3 Å². The summed E-state index contributed by atoms with van der Waals surface area (Å²) in [7, 11) is -2.51. The first-order valence-electron chi connectivity index (χ1n) is 7.79. The first-order valence-corrected chi connectivity index (χ1v) is 10.1. The van der Waals surface area contributed by atoms with Crippen LogP contribution in [-0.4, -0.2) is 35.3 Å². The first-order chi connectivity index (χ1) is 12.8. The van der Waals surface area contributed by atoms with Crippen molar-refractivity contribution in [1.29, 1.82) is 0 Å². The number of sulfone groups is 1. The average molecular weight is 449 g/mol. The topological polar surface area (TPSA) is 106 Å². The van der Waals surface area contributed by atoms with Crippen molar-refractivity contribution in [3.8, 4) is 5.75 Å². The zero-order valence-electron chi connectivity index (χ0n) is 14.2. The molecular weight excluding hydrogens is 436 g/mol. The van der Waals surface area contributed by atoms with Crippen LogP contribution in [0.4, 0.5) is 0 Å². The maximum atomic E-state index is 13.1. The molecule has 0 amide bonds. The van der Waals surface area contributed by atoms with Gasteiger partial charge in [0.2, 0.25) is 14.9 Å². The normalized spacial score (nSPS) is 12.0. The van der Waals surface area contributed by atoms with Crippen molar-refractivity contribution in [3.05, 3.63) is 56.8 Å². The summed E-state index contributed by atoms with van der Waals surface area (Å²) in [5.41, 5.74) is 0.697. The highest BCUT2D eigenvalue weighted by Gasteiger charge is 2.28. The molecule has 27 heavy (non-hydrogen) atoms. The lowest BCUT2D eigenvalue weighted by atomic mass is 10.2. The number of hydrogen-bond acceptors (Lipinski definition) is 6. The molecule has 138 valence electrons. The number of nitrogens with zero attached hydrogens (tertiary/aromatic N) is 3. The highest BCUT2D eigenvalue weighted by molar-refractivity contribution is 9.10. The van der Waals surface area contributed by atoms with E-state index >= 15 is 0 Å². The number of methoxy groups -OCH3 is 1. The highest BCUT2D eigenvalue weighted by atomic mass is 79.9. The lowest BCUT2D eigenvalue weighted by Crippen LogP contribution is -2.12. The molecule has 2 aromatic carbocycles. The summed E-state index contributed by atoms with van der Waals surface area (Å²) in [5.74, 6) is 0.516. The number of nitrogens with one attached hydrogen (secondary N) is 1. The number of aromatic amines is 1. The Kier molecular flexibility index (Phi) is 4.04. The van der Waals surface area contributed by atoms with Crippen molar-refractivity contribution in [3.63, 3.8) is 0 Å². The van der Waals surface area contributed by atoms with E-state index in [1.807, 2.05) is 6.92 Å². The van der Waals surface area contributed by atoms with Gasteiger partial charge in [0.1, 0.15) is 5.75 Å². The predicted octanol–water partition coefficient (Wildman–Crippen LogP) is 2.48. The van der Waals surface area contributed by atoms with Crippen molar-refractivity contribution < 1.29 is 13.2 Å². The Morgan fingerprint density at radius 1 is 1.19 bits per heavy atom. The third-order valence-electron chi connectivity index (χ3n) is 4.17. The van der Waals surface area contributed by atoms with E-state index in [0.717, 1.165) is 5.56 Å². The Hall–Kier alpha value is -2.72. The van der Waals surface area contributed by atoms with E-state index in [-0.39, 0.29) is 15.6 Å². The summed E-state index contributed by atoms with van der Waals surface area (Å²) >= 11 is 3.28. The summed E-state index contributed by atoms with van der Waals surface area (Å²) in [6, 6.07) is 9.69. The molecule has 0 saturated heterocycles. The van der Waals surface area contributed by atoms with E-state index < -0.39 is 15.4 Å². The molecule has 2 heterocycles. The smallest absolute Gasteiger partial charge is 0.281 e. The van der Waals surface area contributed by atoms with Crippen LogP contribution in [0.1, 0.15) is 5.56 Å². The average Bonchev–Trinajstić information content (AvgIpc) is 3.05. The standard InChI is InChI=1S/C17H13BrN4O4S/c1-9-3-6-14(12(18)7-9)27(24,25)17-15-19-16(23)11-5-4-10(26-2)8-13(11)22(15)21-20-17/h3-8,21H,1-2H3. The monoisotopic (exact) mass is 448 g/mol. The van der Waals surface area contributed by atoms with Crippen molar-refractivity contribution in [2.24, 2.45) is 0 Å². The van der Waals surface area contributed by atoms with Gasteiger partial charge in [-0.2, -0.15) is 4.98 Å². The fourth-order valence-corrected chi connectivity index (χ4v) is 5.27. The zero-order chi connectivity index (χ0) is 19.3. The van der Waals surface area contributed by atoms with Gasteiger partial charge in [-0.05, 0) is 52.7 Å². The van der Waals surface area contributed by atoms with E-state index in [2.05, 4.69) is 31.2 Å². The Labute approximate surface area is 161 Å². The number of rotatable bonds is 3. The molecule has 0 aliphatic carbocycles. The molecule has 0 fully saturated rings. The van der Waals surface area contributed by atoms with Crippen LogP contribution in [0.3, 0.4) is 0 Å². The molecular formula is C17H13BrN4O4S. The lowest BCUT2D eigenvalue weighted by molar-refractivity contribution is 0.415. The molecule has 8 nitrogen and oxygen atoms in total. The fourth-order valence-electron chi connectivity index (χ4n) is 2.82. The molecule has 0 unspecified atom stereocenters. The number of benzene rings is 2. The minimum absolute atomic E-state index is 0.0436. The van der Waals surface area contributed by atoms with Crippen LogP contribution < -0.4 is 10.3 Å². The minimum atomic E-state index is -4.01. The summed E-state index contributed by atoms with van der Waals surface area (Å²) in [5, 5.41) is 6.56. The van der Waals surface area contributed by atoms with Crippen molar-refractivity contribution >= 4 is 42.3 Å². The number of aromatic nitrogens is 4. The fraction of sp³-hybridized carbons (Fsp3) is 0.118. The molecule has 0 bridgehead atoms. The van der Waals surface area contributed by atoms with Gasteiger partial charge in [-0.3, -0.25) is 4.79 Å². The number of hydrogen-bond donors (Lipinski definition) is 1. The van der Waals surface area contributed by atoms with E-state index in [1.165, 1.54) is 17.7 Å². The largest absolute Gasteiger partial charge is 0.497 e. The summed E-state index contributed by atoms with van der Waals surface area (Å²) < 4.78 is 33.2. The van der Waals surface area contributed by atoms with Crippen molar-refractivity contribution in [2.45, 2.75) is 16.8 Å². The second kappa shape index (κ2) is 6.17. The third kappa shape index (κ3) is 2.72. The second-order valence-corrected chi connectivity index (χ2v) is 8.60. The van der Waals surface area contributed by atoms with Gasteiger partial charge in [0, 0.05) is 10.5 Å². The van der Waals surface area contributed by atoms with Gasteiger partial charge in [0.05, 0.1) is 22.9 Å². The maximum absolute atomic E-state index is 13.1. The minimum Gasteiger partial charge on any atom is -0.497 e. The Balaban J connectivity index is 2.05. The van der Waals surface area contributed by atoms with Crippen LogP contribution in [-0.2, 0) is 9.84 Å². The molecule has 4 aromatic rings. The highest BCUT2D eigenvalue weighted by Crippen LogP contribution is 2.30. The predicted molar refractivity (Wildman–Crippen MR) is 102 cm³/mol. The van der Waals surface area contributed by atoms with Gasteiger partial charge in [-0.15, -0.1) is 5.10 Å². The molecule has 0 aliphatic rings. The van der Waals surface area contributed by atoms with E-state index in [9.17, 15) is 13.2 Å². The molecule has 2 aromatic heterocycles. The lowest BCUT2D eigenvalue weighted by Gasteiger charge is -2.06.